The number of esters is 1. The molecule has 0 aliphatic heterocycles. The number of aromatic nitrogens is 2. The number of carbonyl (C=O) groups excluding carboxylic acids is 2. The van der Waals surface area contributed by atoms with Crippen LogP contribution in [0.1, 0.15) is 0 Å². The van der Waals surface area contributed by atoms with E-state index in [4.69, 9.17) is 5.73 Å². The quantitative estimate of drug-likeness (QED) is 0.608. The van der Waals surface area contributed by atoms with Gasteiger partial charge in [0.15, 0.2) is 0 Å². The van der Waals surface area contributed by atoms with E-state index in [1.807, 2.05) is 0 Å². The lowest BCUT2D eigenvalue weighted by Gasteiger charge is -2.03. The fourth-order valence-electron chi connectivity index (χ4n) is 0.911. The van der Waals surface area contributed by atoms with Gasteiger partial charge in [-0.2, -0.15) is 5.10 Å². The van der Waals surface area contributed by atoms with Gasteiger partial charge in [0.1, 0.15) is 18.9 Å². The number of hydrogen-bond acceptors (Lipinski definition) is 5. The molecule has 0 bridgehead atoms. The average Bonchev–Trinajstić information content (AvgIpc) is 2.60. The molecule has 1 rings (SSSR count). The van der Waals surface area contributed by atoms with Gasteiger partial charge in [0, 0.05) is 6.20 Å². The van der Waals surface area contributed by atoms with E-state index >= 15 is 0 Å². The zero-order valence-corrected chi connectivity index (χ0v) is 8.27. The Bertz CT molecular complexity index is 361. The van der Waals surface area contributed by atoms with E-state index in [-0.39, 0.29) is 19.0 Å². The van der Waals surface area contributed by atoms with Crippen LogP contribution in [0.4, 0.5) is 5.82 Å². The number of methoxy groups -OCH3 is 1. The van der Waals surface area contributed by atoms with Gasteiger partial charge in [-0.05, 0) is 6.07 Å². The van der Waals surface area contributed by atoms with Gasteiger partial charge in [-0.1, -0.05) is 0 Å². The molecule has 1 aromatic heterocycles. The number of nitrogens with zero attached hydrogens (tertiary/aromatic N) is 2. The van der Waals surface area contributed by atoms with Crippen LogP contribution in [-0.4, -0.2) is 35.3 Å². The number of ether oxygens (including phenoxy) is 1. The van der Waals surface area contributed by atoms with Crippen molar-refractivity contribution in [2.45, 2.75) is 6.54 Å². The number of nitrogens with two attached hydrogens (primary N) is 1. The Morgan fingerprint density at radius 1 is 1.67 bits per heavy atom. The monoisotopic (exact) mass is 212 g/mol. The molecule has 0 saturated carbocycles. The summed E-state index contributed by atoms with van der Waals surface area (Å²) in [6.45, 7) is -0.125. The van der Waals surface area contributed by atoms with Crippen molar-refractivity contribution in [1.29, 1.82) is 0 Å². The first-order valence-electron chi connectivity index (χ1n) is 4.24. The maximum absolute atomic E-state index is 11.2. The number of rotatable bonds is 4. The van der Waals surface area contributed by atoms with Gasteiger partial charge >= 0.3 is 5.97 Å². The van der Waals surface area contributed by atoms with Crippen LogP contribution < -0.4 is 11.1 Å². The van der Waals surface area contributed by atoms with Crippen LogP contribution in [0, 0.1) is 0 Å². The van der Waals surface area contributed by atoms with Gasteiger partial charge in [-0.15, -0.1) is 0 Å². The summed E-state index contributed by atoms with van der Waals surface area (Å²) >= 11 is 0. The molecule has 3 N–H and O–H groups in total. The smallest absolute Gasteiger partial charge is 0.325 e. The predicted molar refractivity (Wildman–Crippen MR) is 51.7 cm³/mol. The van der Waals surface area contributed by atoms with Crippen molar-refractivity contribution in [2.24, 2.45) is 0 Å². The minimum atomic E-state index is -0.497. The van der Waals surface area contributed by atoms with E-state index in [9.17, 15) is 9.59 Å². The number of amides is 1. The second kappa shape index (κ2) is 4.99. The third-order valence-corrected chi connectivity index (χ3v) is 1.62. The summed E-state index contributed by atoms with van der Waals surface area (Å²) in [5, 5.41) is 6.19. The van der Waals surface area contributed by atoms with Gasteiger partial charge in [0.25, 0.3) is 0 Å². The number of nitrogen functional groups attached to an aromatic ring is 1. The van der Waals surface area contributed by atoms with Crippen molar-refractivity contribution in [3.63, 3.8) is 0 Å². The zero-order chi connectivity index (χ0) is 11.3. The normalized spacial score (nSPS) is 9.67. The standard InChI is InChI=1S/C8H12N4O3/c1-15-8(14)4-10-7(13)5-12-3-2-6(9)11-12/h2-3H,4-5H2,1H3,(H2,9,11)(H,10,13). The lowest BCUT2D eigenvalue weighted by Crippen LogP contribution is -2.32. The Hall–Kier alpha value is -2.05. The molecule has 1 amide bonds. The Morgan fingerprint density at radius 3 is 2.93 bits per heavy atom. The minimum absolute atomic E-state index is 0.0220. The van der Waals surface area contributed by atoms with Crippen molar-refractivity contribution < 1.29 is 14.3 Å². The Balaban J connectivity index is 2.33. The molecule has 7 nitrogen and oxygen atoms in total. The second-order valence-electron chi connectivity index (χ2n) is 2.79. The van der Waals surface area contributed by atoms with Crippen LogP contribution in [0.15, 0.2) is 12.3 Å². The summed E-state index contributed by atoms with van der Waals surface area (Å²) in [6, 6.07) is 1.58. The maximum Gasteiger partial charge on any atom is 0.325 e. The van der Waals surface area contributed by atoms with E-state index in [1.54, 1.807) is 12.3 Å². The van der Waals surface area contributed by atoms with Crippen molar-refractivity contribution in [3.8, 4) is 0 Å². The minimum Gasteiger partial charge on any atom is -0.468 e. The van der Waals surface area contributed by atoms with Gasteiger partial charge in [-0.3, -0.25) is 14.3 Å². The van der Waals surface area contributed by atoms with Crippen molar-refractivity contribution >= 4 is 17.7 Å². The molecule has 15 heavy (non-hydrogen) atoms. The highest BCUT2D eigenvalue weighted by atomic mass is 16.5. The topological polar surface area (TPSA) is 99.2 Å². The third-order valence-electron chi connectivity index (χ3n) is 1.62. The molecule has 0 aromatic carbocycles. The molecular weight excluding hydrogens is 200 g/mol. The molecule has 82 valence electrons. The Kier molecular flexibility index (Phi) is 3.67. The van der Waals surface area contributed by atoms with E-state index < -0.39 is 5.97 Å². The van der Waals surface area contributed by atoms with Crippen LogP contribution in [0.2, 0.25) is 0 Å². The van der Waals surface area contributed by atoms with Gasteiger partial charge in [0.05, 0.1) is 7.11 Å². The fourth-order valence-corrected chi connectivity index (χ4v) is 0.911. The summed E-state index contributed by atoms with van der Waals surface area (Å²) in [6.07, 6.45) is 1.58. The third kappa shape index (κ3) is 3.67. The highest BCUT2D eigenvalue weighted by Gasteiger charge is 2.06. The lowest BCUT2D eigenvalue weighted by atomic mass is 10.5. The number of carbonyl (C=O) groups is 2. The largest absolute Gasteiger partial charge is 0.468 e. The molecule has 1 heterocycles. The SMILES string of the molecule is COC(=O)CNC(=O)Cn1ccc(N)n1. The molecule has 0 aliphatic rings. The van der Waals surface area contributed by atoms with E-state index in [0.29, 0.717) is 5.82 Å². The summed E-state index contributed by atoms with van der Waals surface area (Å²) in [5.74, 6) is -0.484. The molecule has 0 radical (unpaired) electrons. The highest BCUT2D eigenvalue weighted by molar-refractivity contribution is 5.81. The van der Waals surface area contributed by atoms with Crippen molar-refractivity contribution in [3.05, 3.63) is 12.3 Å². The fraction of sp³-hybridized carbons (Fsp3) is 0.375. The van der Waals surface area contributed by atoms with Crippen LogP contribution in [0.25, 0.3) is 0 Å². The molecule has 0 spiro atoms. The van der Waals surface area contributed by atoms with Crippen LogP contribution in [-0.2, 0) is 20.9 Å². The van der Waals surface area contributed by atoms with Crippen LogP contribution >= 0.6 is 0 Å². The molecule has 0 atom stereocenters. The number of hydrogen-bond donors (Lipinski definition) is 2. The predicted octanol–water partition coefficient (Wildman–Crippen LogP) is -1.25. The zero-order valence-electron chi connectivity index (χ0n) is 8.27. The summed E-state index contributed by atoms with van der Waals surface area (Å²) < 4.78 is 5.74. The van der Waals surface area contributed by atoms with Crippen molar-refractivity contribution in [2.75, 3.05) is 19.4 Å². The molecule has 0 fully saturated rings. The van der Waals surface area contributed by atoms with Crippen molar-refractivity contribution in [1.82, 2.24) is 15.1 Å². The van der Waals surface area contributed by atoms with Gasteiger partial charge in [-0.25, -0.2) is 0 Å². The first-order valence-corrected chi connectivity index (χ1v) is 4.24. The molecule has 0 aliphatic carbocycles. The Morgan fingerprint density at radius 2 is 2.40 bits per heavy atom. The lowest BCUT2D eigenvalue weighted by molar-refractivity contribution is -0.141. The molecule has 1 aromatic rings. The van der Waals surface area contributed by atoms with Crippen LogP contribution in [0.3, 0.4) is 0 Å². The molecule has 0 saturated heterocycles. The Labute approximate surface area is 86.2 Å². The summed E-state index contributed by atoms with van der Waals surface area (Å²) in [7, 11) is 1.25. The number of anilines is 1. The number of nitrogens with one attached hydrogen (secondary N) is 1. The van der Waals surface area contributed by atoms with Gasteiger partial charge < -0.3 is 15.8 Å². The first-order chi connectivity index (χ1) is 7.11. The molecule has 7 heteroatoms. The second-order valence-corrected chi connectivity index (χ2v) is 2.79. The van der Waals surface area contributed by atoms with Gasteiger partial charge in [0.2, 0.25) is 5.91 Å². The highest BCUT2D eigenvalue weighted by Crippen LogP contribution is 1.94. The summed E-state index contributed by atoms with van der Waals surface area (Å²) in [4.78, 5) is 21.9. The van der Waals surface area contributed by atoms with E-state index in [2.05, 4.69) is 15.2 Å². The summed E-state index contributed by atoms with van der Waals surface area (Å²) in [5.41, 5.74) is 5.36. The molecular formula is C8H12N4O3. The maximum atomic E-state index is 11.2. The van der Waals surface area contributed by atoms with E-state index in [0.717, 1.165) is 0 Å². The first kappa shape index (κ1) is 11.0. The average molecular weight is 212 g/mol. The van der Waals surface area contributed by atoms with E-state index in [1.165, 1.54) is 11.8 Å². The molecule has 0 unspecified atom stereocenters. The van der Waals surface area contributed by atoms with Crippen LogP contribution in [0.5, 0.6) is 0 Å².